The Bertz CT molecular complexity index is 676. The second-order valence-corrected chi connectivity index (χ2v) is 4.13. The third-order valence-corrected chi connectivity index (χ3v) is 2.91. The molecule has 0 bridgehead atoms. The van der Waals surface area contributed by atoms with Gasteiger partial charge in [0.05, 0.1) is 6.20 Å². The van der Waals surface area contributed by atoms with E-state index >= 15 is 0 Å². The van der Waals surface area contributed by atoms with E-state index in [-0.39, 0.29) is 0 Å². The second-order valence-electron chi connectivity index (χ2n) is 4.13. The first-order valence-corrected chi connectivity index (χ1v) is 7.71. The molecule has 0 atom stereocenters. The normalized spacial score (nSPS) is 9.36. The van der Waals surface area contributed by atoms with Gasteiger partial charge in [0.15, 0.2) is 5.65 Å². The van der Waals surface area contributed by atoms with Gasteiger partial charge in [0, 0.05) is 18.3 Å². The molecule has 0 aliphatic heterocycles. The van der Waals surface area contributed by atoms with Crippen LogP contribution in [0.3, 0.4) is 0 Å². The van der Waals surface area contributed by atoms with Crippen LogP contribution < -0.4 is 4.90 Å². The molecule has 0 saturated heterocycles. The molecule has 5 nitrogen and oxygen atoms in total. The number of hydrogen-bond acceptors (Lipinski definition) is 4. The highest BCUT2D eigenvalue weighted by Gasteiger charge is 2.11. The first kappa shape index (κ1) is 17.6. The van der Waals surface area contributed by atoms with Crippen LogP contribution in [0.4, 0.5) is 11.6 Å². The van der Waals surface area contributed by atoms with Gasteiger partial charge in [-0.15, -0.1) is 0 Å². The summed E-state index contributed by atoms with van der Waals surface area (Å²) in [6.07, 6.45) is 3.37. The van der Waals surface area contributed by atoms with Crippen LogP contribution in [0.1, 0.15) is 33.3 Å². The highest BCUT2D eigenvalue weighted by atomic mass is 15.4. The van der Waals surface area contributed by atoms with Gasteiger partial charge in [-0.2, -0.15) is 9.61 Å². The highest BCUT2D eigenvalue weighted by Crippen LogP contribution is 2.21. The van der Waals surface area contributed by atoms with Crippen LogP contribution in [0, 0.1) is 6.92 Å². The van der Waals surface area contributed by atoms with E-state index in [2.05, 4.69) is 15.1 Å². The number of aryl methyl sites for hydroxylation is 1. The Labute approximate surface area is 132 Å². The summed E-state index contributed by atoms with van der Waals surface area (Å²) >= 11 is 0. The monoisotopic (exact) mass is 299 g/mol. The molecule has 2 heterocycles. The van der Waals surface area contributed by atoms with Crippen molar-refractivity contribution in [2.45, 2.75) is 34.6 Å². The molecule has 0 saturated carbocycles. The van der Waals surface area contributed by atoms with Gasteiger partial charge < -0.3 is 4.90 Å². The van der Waals surface area contributed by atoms with E-state index in [0.717, 1.165) is 22.8 Å². The van der Waals surface area contributed by atoms with Crippen LogP contribution in [0.25, 0.3) is 5.65 Å². The molecule has 0 fully saturated rings. The van der Waals surface area contributed by atoms with E-state index in [1.54, 1.807) is 17.0 Å². The van der Waals surface area contributed by atoms with Crippen LogP contribution in [0.2, 0.25) is 0 Å². The summed E-state index contributed by atoms with van der Waals surface area (Å²) in [5, 5.41) is 4.31. The maximum Gasteiger partial charge on any atom is 0.234 e. The molecule has 0 N–H and O–H groups in total. The molecular formula is C17H25N5. The number of aromatic nitrogens is 4. The summed E-state index contributed by atoms with van der Waals surface area (Å²) in [5.74, 6) is 0.749. The molecular weight excluding hydrogens is 274 g/mol. The maximum absolute atomic E-state index is 4.31. The molecule has 1 aromatic carbocycles. The summed E-state index contributed by atoms with van der Waals surface area (Å²) in [6.45, 7) is 9.99. The topological polar surface area (TPSA) is 46.3 Å². The van der Waals surface area contributed by atoms with Gasteiger partial charge in [-0.25, -0.2) is 9.97 Å². The second kappa shape index (κ2) is 8.77. The number of nitrogens with zero attached hydrogens (tertiary/aromatic N) is 5. The predicted octanol–water partition coefficient (Wildman–Crippen LogP) is 4.25. The Hall–Kier alpha value is -2.43. The van der Waals surface area contributed by atoms with Gasteiger partial charge in [0.2, 0.25) is 5.95 Å². The summed E-state index contributed by atoms with van der Waals surface area (Å²) in [6, 6.07) is 10.1. The van der Waals surface area contributed by atoms with Gasteiger partial charge in [0.25, 0.3) is 0 Å². The molecule has 0 aliphatic rings. The Morgan fingerprint density at radius 3 is 2.23 bits per heavy atom. The standard InChI is InChI=1S/C13H13N5.2C2H6/c1-10-8-16-18-12(10)14-9-15-13(18)17(2)11-6-4-3-5-7-11;2*1-2/h3-9H,1-2H3;2*1-2H3. The first-order chi connectivity index (χ1) is 10.8. The summed E-state index contributed by atoms with van der Waals surface area (Å²) in [5.41, 5.74) is 2.94. The van der Waals surface area contributed by atoms with Crippen LogP contribution in [0.15, 0.2) is 42.9 Å². The number of anilines is 2. The Balaban J connectivity index is 0.000000561. The SMILES string of the molecule is CC.CC.Cc1cnn2c(N(C)c3ccccc3)ncnc12. The average Bonchev–Trinajstić information content (AvgIpc) is 3.00. The van der Waals surface area contributed by atoms with Crippen molar-refractivity contribution in [3.8, 4) is 0 Å². The van der Waals surface area contributed by atoms with Crippen molar-refractivity contribution in [1.29, 1.82) is 0 Å². The molecule has 118 valence electrons. The molecule has 22 heavy (non-hydrogen) atoms. The first-order valence-electron chi connectivity index (χ1n) is 7.71. The van der Waals surface area contributed by atoms with Gasteiger partial charge in [-0.3, -0.25) is 0 Å². The largest absolute Gasteiger partial charge is 0.313 e. The number of rotatable bonds is 2. The van der Waals surface area contributed by atoms with Crippen molar-refractivity contribution < 1.29 is 0 Å². The van der Waals surface area contributed by atoms with Gasteiger partial charge in [-0.1, -0.05) is 45.9 Å². The number of fused-ring (bicyclic) bond motifs is 1. The van der Waals surface area contributed by atoms with Crippen molar-refractivity contribution in [2.24, 2.45) is 0 Å². The van der Waals surface area contributed by atoms with Crippen LogP contribution in [0.5, 0.6) is 0 Å². The lowest BCUT2D eigenvalue weighted by molar-refractivity contribution is 0.864. The zero-order valence-electron chi connectivity index (χ0n) is 14.3. The lowest BCUT2D eigenvalue weighted by Crippen LogP contribution is -2.16. The van der Waals surface area contributed by atoms with E-state index in [1.165, 1.54) is 0 Å². The lowest BCUT2D eigenvalue weighted by atomic mass is 10.3. The van der Waals surface area contributed by atoms with E-state index in [4.69, 9.17) is 0 Å². The fraction of sp³-hybridized carbons (Fsp3) is 0.353. The predicted molar refractivity (Wildman–Crippen MR) is 92.7 cm³/mol. The molecule has 3 rings (SSSR count). The summed E-state index contributed by atoms with van der Waals surface area (Å²) in [7, 11) is 1.97. The number of benzene rings is 1. The third-order valence-electron chi connectivity index (χ3n) is 2.91. The van der Waals surface area contributed by atoms with Crippen molar-refractivity contribution in [2.75, 3.05) is 11.9 Å². The minimum Gasteiger partial charge on any atom is -0.313 e. The molecule has 0 radical (unpaired) electrons. The Kier molecular flexibility index (Phi) is 7.02. The fourth-order valence-corrected chi connectivity index (χ4v) is 1.91. The molecule has 0 unspecified atom stereocenters. The smallest absolute Gasteiger partial charge is 0.234 e. The lowest BCUT2D eigenvalue weighted by Gasteiger charge is -2.18. The quantitative estimate of drug-likeness (QED) is 0.709. The minimum absolute atomic E-state index is 0.749. The summed E-state index contributed by atoms with van der Waals surface area (Å²) in [4.78, 5) is 10.5. The minimum atomic E-state index is 0.749. The molecule has 2 aromatic heterocycles. The molecule has 0 aliphatic carbocycles. The van der Waals surface area contributed by atoms with Gasteiger partial charge in [0.1, 0.15) is 6.33 Å². The Morgan fingerprint density at radius 1 is 0.955 bits per heavy atom. The van der Waals surface area contributed by atoms with Crippen molar-refractivity contribution in [3.05, 3.63) is 48.4 Å². The number of hydrogen-bond donors (Lipinski definition) is 0. The van der Waals surface area contributed by atoms with Crippen LogP contribution in [-0.2, 0) is 0 Å². The molecule has 0 amide bonds. The Morgan fingerprint density at radius 2 is 1.59 bits per heavy atom. The fourth-order valence-electron chi connectivity index (χ4n) is 1.91. The van der Waals surface area contributed by atoms with E-state index in [9.17, 15) is 0 Å². The zero-order chi connectivity index (χ0) is 16.5. The number of para-hydroxylation sites is 1. The maximum atomic E-state index is 4.31. The van der Waals surface area contributed by atoms with E-state index in [1.807, 2.05) is 76.9 Å². The van der Waals surface area contributed by atoms with Crippen LogP contribution in [-0.4, -0.2) is 26.6 Å². The molecule has 0 spiro atoms. The highest BCUT2D eigenvalue weighted by molar-refractivity contribution is 5.59. The summed E-state index contributed by atoms with van der Waals surface area (Å²) < 4.78 is 1.75. The van der Waals surface area contributed by atoms with E-state index in [0.29, 0.717) is 0 Å². The van der Waals surface area contributed by atoms with Crippen LogP contribution >= 0.6 is 0 Å². The third kappa shape index (κ3) is 3.61. The molecule has 3 aromatic rings. The van der Waals surface area contributed by atoms with Crippen molar-refractivity contribution in [3.63, 3.8) is 0 Å². The van der Waals surface area contributed by atoms with Gasteiger partial charge >= 0.3 is 0 Å². The molecule has 5 heteroatoms. The average molecular weight is 299 g/mol. The van der Waals surface area contributed by atoms with Crippen molar-refractivity contribution >= 4 is 17.3 Å². The van der Waals surface area contributed by atoms with Crippen molar-refractivity contribution in [1.82, 2.24) is 19.6 Å². The van der Waals surface area contributed by atoms with E-state index < -0.39 is 0 Å². The van der Waals surface area contributed by atoms with Gasteiger partial charge in [-0.05, 0) is 19.1 Å². The zero-order valence-corrected chi connectivity index (χ0v) is 14.3.